The van der Waals surface area contributed by atoms with Crippen LogP contribution in [0.25, 0.3) is 21.6 Å². The Bertz CT molecular complexity index is 1020. The van der Waals surface area contributed by atoms with Gasteiger partial charge in [0, 0.05) is 20.0 Å². The van der Waals surface area contributed by atoms with Gasteiger partial charge in [0.1, 0.15) is 6.61 Å². The van der Waals surface area contributed by atoms with Crippen LogP contribution in [-0.2, 0) is 19.6 Å². The van der Waals surface area contributed by atoms with E-state index in [2.05, 4.69) is 9.43 Å². The summed E-state index contributed by atoms with van der Waals surface area (Å²) in [5.74, 6) is -0.455. The molecule has 1 aliphatic rings. The number of carbonyl (C=O) groups excluding carboxylic acids is 1. The molecule has 126 valence electrons. The quantitative estimate of drug-likeness (QED) is 0.350. The fraction of sp³-hybridized carbons (Fsp3) is 0.0625. The highest BCUT2D eigenvalue weighted by molar-refractivity contribution is 7.90. The van der Waals surface area contributed by atoms with E-state index in [-0.39, 0.29) is 11.5 Å². The van der Waals surface area contributed by atoms with Gasteiger partial charge in [-0.15, -0.1) is 0 Å². The number of azide groups is 1. The summed E-state index contributed by atoms with van der Waals surface area (Å²) in [5, 5.41) is 0.546. The molecule has 0 unspecified atom stereocenters. The van der Waals surface area contributed by atoms with Gasteiger partial charge < -0.3 is 4.74 Å². The number of esters is 1. The minimum atomic E-state index is -4.05. The predicted octanol–water partition coefficient (Wildman–Crippen LogP) is 3.81. The van der Waals surface area contributed by atoms with Crippen molar-refractivity contribution in [2.75, 3.05) is 6.61 Å². The Labute approximate surface area is 148 Å². The lowest BCUT2D eigenvalue weighted by Crippen LogP contribution is -1.98. The third-order valence-corrected chi connectivity index (χ3v) is 5.04. The summed E-state index contributed by atoms with van der Waals surface area (Å²) in [5.41, 5.74) is 10.6. The van der Waals surface area contributed by atoms with E-state index in [0.717, 1.165) is 0 Å². The van der Waals surface area contributed by atoms with Crippen LogP contribution in [0.2, 0.25) is 5.02 Å². The van der Waals surface area contributed by atoms with E-state index in [0.29, 0.717) is 27.3 Å². The Morgan fingerprint density at radius 1 is 1.04 bits per heavy atom. The van der Waals surface area contributed by atoms with Crippen molar-refractivity contribution in [1.29, 1.82) is 0 Å². The van der Waals surface area contributed by atoms with E-state index in [1.807, 2.05) is 0 Å². The maximum atomic E-state index is 12.1. The average molecular weight is 376 g/mol. The zero-order valence-corrected chi connectivity index (χ0v) is 14.2. The molecule has 2 aromatic rings. The second kappa shape index (κ2) is 6.60. The Balaban J connectivity index is 2.06. The largest absolute Gasteiger partial charge is 0.457 e. The molecule has 25 heavy (non-hydrogen) atoms. The number of halogens is 1. The molecule has 7 nitrogen and oxygen atoms in total. The SMILES string of the molecule is [N-]=[N+]=NS(=O)(=O)c1ccc(C2=C(c3ccc(Cl)cc3)C(=O)OC2)cc1. The third kappa shape index (κ3) is 3.36. The van der Waals surface area contributed by atoms with Gasteiger partial charge in [-0.05, 0) is 40.9 Å². The molecule has 9 heteroatoms. The summed E-state index contributed by atoms with van der Waals surface area (Å²) in [6.07, 6.45) is 0. The molecular weight excluding hydrogens is 366 g/mol. The molecule has 1 heterocycles. The number of ether oxygens (including phenoxy) is 1. The van der Waals surface area contributed by atoms with Crippen molar-refractivity contribution in [2.45, 2.75) is 4.90 Å². The van der Waals surface area contributed by atoms with Crippen LogP contribution in [-0.4, -0.2) is 21.0 Å². The van der Waals surface area contributed by atoms with Crippen LogP contribution < -0.4 is 0 Å². The van der Waals surface area contributed by atoms with Crippen LogP contribution in [0, 0.1) is 0 Å². The van der Waals surface area contributed by atoms with Crippen molar-refractivity contribution in [3.05, 3.63) is 75.1 Å². The first kappa shape index (κ1) is 17.0. The minimum Gasteiger partial charge on any atom is -0.457 e. The average Bonchev–Trinajstić information content (AvgIpc) is 2.97. The number of carbonyl (C=O) groups is 1. The second-order valence-corrected chi connectivity index (χ2v) is 7.13. The molecule has 0 N–H and O–H groups in total. The second-order valence-electron chi connectivity index (χ2n) is 5.11. The fourth-order valence-electron chi connectivity index (χ4n) is 2.46. The van der Waals surface area contributed by atoms with Crippen LogP contribution in [0.5, 0.6) is 0 Å². The number of cyclic esters (lactones) is 1. The van der Waals surface area contributed by atoms with Gasteiger partial charge in [0.25, 0.3) is 10.0 Å². The molecule has 0 aromatic heterocycles. The monoisotopic (exact) mass is 375 g/mol. The molecule has 0 atom stereocenters. The summed E-state index contributed by atoms with van der Waals surface area (Å²) >= 11 is 5.87. The maximum Gasteiger partial charge on any atom is 0.339 e. The smallest absolute Gasteiger partial charge is 0.339 e. The maximum absolute atomic E-state index is 12.1. The van der Waals surface area contributed by atoms with Crippen LogP contribution in [0.15, 0.2) is 57.9 Å². The minimum absolute atomic E-state index is 0.0826. The lowest BCUT2D eigenvalue weighted by atomic mass is 9.97. The molecular formula is C16H10ClN3O4S. The van der Waals surface area contributed by atoms with Crippen molar-refractivity contribution in [3.63, 3.8) is 0 Å². The highest BCUT2D eigenvalue weighted by Crippen LogP contribution is 2.33. The molecule has 0 aliphatic carbocycles. The van der Waals surface area contributed by atoms with Gasteiger partial charge in [-0.1, -0.05) is 35.9 Å². The number of rotatable bonds is 4. The molecule has 0 saturated heterocycles. The molecule has 0 bridgehead atoms. The number of hydrogen-bond donors (Lipinski definition) is 0. The van der Waals surface area contributed by atoms with Gasteiger partial charge in [0.05, 0.1) is 10.5 Å². The van der Waals surface area contributed by atoms with Crippen molar-refractivity contribution in [3.8, 4) is 0 Å². The molecule has 0 saturated carbocycles. The Morgan fingerprint density at radius 2 is 1.64 bits per heavy atom. The topological polar surface area (TPSA) is 109 Å². The van der Waals surface area contributed by atoms with E-state index in [4.69, 9.17) is 21.9 Å². The number of benzene rings is 2. The van der Waals surface area contributed by atoms with Crippen molar-refractivity contribution < 1.29 is 17.9 Å². The summed E-state index contributed by atoms with van der Waals surface area (Å²) in [7, 11) is -4.05. The lowest BCUT2D eigenvalue weighted by molar-refractivity contribution is -0.133. The highest BCUT2D eigenvalue weighted by Gasteiger charge is 2.27. The molecule has 1 aliphatic heterocycles. The summed E-state index contributed by atoms with van der Waals surface area (Å²) in [6, 6.07) is 12.5. The molecule has 0 radical (unpaired) electrons. The van der Waals surface area contributed by atoms with E-state index in [9.17, 15) is 13.2 Å². The van der Waals surface area contributed by atoms with Crippen molar-refractivity contribution >= 4 is 38.7 Å². The third-order valence-electron chi connectivity index (χ3n) is 3.63. The first-order valence-corrected chi connectivity index (χ1v) is 8.82. The van der Waals surface area contributed by atoms with Crippen LogP contribution in [0.3, 0.4) is 0 Å². The summed E-state index contributed by atoms with van der Waals surface area (Å²) < 4.78 is 31.3. The molecule has 2 aromatic carbocycles. The van der Waals surface area contributed by atoms with Crippen LogP contribution in [0.4, 0.5) is 0 Å². The van der Waals surface area contributed by atoms with Gasteiger partial charge >= 0.3 is 5.97 Å². The molecule has 3 rings (SSSR count). The fourth-order valence-corrected chi connectivity index (χ4v) is 3.26. The van der Waals surface area contributed by atoms with Gasteiger partial charge in [-0.2, -0.15) is 0 Å². The van der Waals surface area contributed by atoms with Crippen LogP contribution in [0.1, 0.15) is 11.1 Å². The molecule has 0 fully saturated rings. The normalized spacial score (nSPS) is 14.2. The van der Waals surface area contributed by atoms with Crippen LogP contribution >= 0.6 is 11.6 Å². The zero-order chi connectivity index (χ0) is 18.0. The number of nitrogens with zero attached hydrogens (tertiary/aromatic N) is 3. The Morgan fingerprint density at radius 3 is 2.24 bits per heavy atom. The van der Waals surface area contributed by atoms with E-state index in [1.165, 1.54) is 24.3 Å². The first-order chi connectivity index (χ1) is 11.9. The molecule has 0 spiro atoms. The van der Waals surface area contributed by atoms with Crippen molar-refractivity contribution in [1.82, 2.24) is 0 Å². The number of sulfonamides is 1. The number of hydrogen-bond acceptors (Lipinski definition) is 4. The van der Waals surface area contributed by atoms with Gasteiger partial charge in [0.15, 0.2) is 0 Å². The Hall–Kier alpha value is -2.80. The van der Waals surface area contributed by atoms with Gasteiger partial charge in [-0.25, -0.2) is 13.2 Å². The Kier molecular flexibility index (Phi) is 4.50. The van der Waals surface area contributed by atoms with Gasteiger partial charge in [0.2, 0.25) is 0 Å². The first-order valence-electron chi connectivity index (χ1n) is 7.00. The van der Waals surface area contributed by atoms with Crippen molar-refractivity contribution in [2.24, 2.45) is 4.52 Å². The summed E-state index contributed by atoms with van der Waals surface area (Å²) in [6.45, 7) is 0.0826. The highest BCUT2D eigenvalue weighted by atomic mass is 35.5. The summed E-state index contributed by atoms with van der Waals surface area (Å²) in [4.78, 5) is 14.3. The zero-order valence-electron chi connectivity index (χ0n) is 12.6. The van der Waals surface area contributed by atoms with Gasteiger partial charge in [-0.3, -0.25) is 0 Å². The van der Waals surface area contributed by atoms with E-state index < -0.39 is 16.0 Å². The van der Waals surface area contributed by atoms with E-state index in [1.54, 1.807) is 24.3 Å². The lowest BCUT2D eigenvalue weighted by Gasteiger charge is -2.06. The van der Waals surface area contributed by atoms with E-state index >= 15 is 0 Å². The predicted molar refractivity (Wildman–Crippen MR) is 92.0 cm³/mol. The molecule has 0 amide bonds. The standard InChI is InChI=1S/C16H10ClN3O4S/c17-12-5-1-11(2-6-12)15-14(9-24-16(15)21)10-3-7-13(8-4-10)25(22,23)20-19-18/h1-8H,9H2.